The molecule has 0 fully saturated rings. The molecule has 200 valence electrons. The number of nitrogens with one attached hydrogen (secondary N) is 1. The van der Waals surface area contributed by atoms with Crippen molar-refractivity contribution in [3.05, 3.63) is 119 Å². The Hall–Kier alpha value is -4.65. The van der Waals surface area contributed by atoms with Crippen LogP contribution in [0, 0.1) is 6.92 Å². The molecule has 4 rings (SSSR count). The molecule has 7 heteroatoms. The molecular weight excluding hydrogens is 492 g/mol. The smallest absolute Gasteiger partial charge is 0.326 e. The summed E-state index contributed by atoms with van der Waals surface area (Å²) in [5.74, 6) is 0.983. The van der Waals surface area contributed by atoms with Crippen LogP contribution in [-0.2, 0) is 17.6 Å². The first-order chi connectivity index (χ1) is 18.9. The fourth-order valence-electron chi connectivity index (χ4n) is 4.15. The standard InChI is InChI=1S/C32H32N2O5/c1-22(20-30(35)25-10-5-3-6-11-25)33-29(32(36)37)21-24-15-17-27(18-16-24)38-19-9-14-28-23(2)39-31(34-28)26-12-7-4-8-13-26/h3-8,10-13,15-18,20,29,33H,9,14,19,21H2,1-2H3,(H,36,37)/b22-20+/t29-/m0/s1. The van der Waals surface area contributed by atoms with Crippen LogP contribution in [0.3, 0.4) is 0 Å². The van der Waals surface area contributed by atoms with E-state index >= 15 is 0 Å². The fraction of sp³-hybridized carbons (Fsp3) is 0.219. The van der Waals surface area contributed by atoms with Crippen LogP contribution in [0.4, 0.5) is 0 Å². The molecule has 0 amide bonds. The van der Waals surface area contributed by atoms with Crippen molar-refractivity contribution in [1.29, 1.82) is 0 Å². The number of hydrogen-bond acceptors (Lipinski definition) is 6. The minimum absolute atomic E-state index is 0.179. The lowest BCUT2D eigenvalue weighted by Crippen LogP contribution is -2.37. The maximum absolute atomic E-state index is 12.4. The summed E-state index contributed by atoms with van der Waals surface area (Å²) in [6.45, 7) is 4.13. The topological polar surface area (TPSA) is 102 Å². The second-order valence-corrected chi connectivity index (χ2v) is 9.28. The predicted molar refractivity (Wildman–Crippen MR) is 150 cm³/mol. The zero-order valence-electron chi connectivity index (χ0n) is 22.1. The van der Waals surface area contributed by atoms with Gasteiger partial charge >= 0.3 is 5.97 Å². The van der Waals surface area contributed by atoms with Crippen LogP contribution in [0.1, 0.15) is 40.7 Å². The normalized spacial score (nSPS) is 12.1. The van der Waals surface area contributed by atoms with Crippen LogP contribution in [0.5, 0.6) is 5.75 Å². The van der Waals surface area contributed by atoms with Gasteiger partial charge in [-0.3, -0.25) is 4.79 Å². The largest absolute Gasteiger partial charge is 0.494 e. The summed E-state index contributed by atoms with van der Waals surface area (Å²) in [7, 11) is 0. The van der Waals surface area contributed by atoms with Crippen molar-refractivity contribution in [3.8, 4) is 17.2 Å². The second-order valence-electron chi connectivity index (χ2n) is 9.28. The molecule has 39 heavy (non-hydrogen) atoms. The molecule has 0 spiro atoms. The number of hydrogen-bond donors (Lipinski definition) is 2. The molecule has 0 saturated heterocycles. The quantitative estimate of drug-likeness (QED) is 0.125. The monoisotopic (exact) mass is 524 g/mol. The molecule has 1 atom stereocenters. The van der Waals surface area contributed by atoms with Crippen LogP contribution in [0.15, 0.2) is 101 Å². The molecule has 0 aliphatic heterocycles. The van der Waals surface area contributed by atoms with Crippen molar-refractivity contribution in [1.82, 2.24) is 10.3 Å². The molecule has 0 saturated carbocycles. The number of rotatable bonds is 13. The number of carboxylic acid groups (broad SMARTS) is 1. The highest BCUT2D eigenvalue weighted by atomic mass is 16.5. The van der Waals surface area contributed by atoms with E-state index in [0.29, 0.717) is 29.5 Å². The van der Waals surface area contributed by atoms with Crippen LogP contribution >= 0.6 is 0 Å². The molecule has 0 unspecified atom stereocenters. The molecule has 1 heterocycles. The Labute approximate surface area is 228 Å². The molecule has 0 aliphatic carbocycles. The van der Waals surface area contributed by atoms with E-state index in [1.807, 2.05) is 67.6 Å². The van der Waals surface area contributed by atoms with Crippen LogP contribution in [-0.4, -0.2) is 34.5 Å². The summed E-state index contributed by atoms with van der Waals surface area (Å²) < 4.78 is 11.7. The van der Waals surface area contributed by atoms with E-state index in [-0.39, 0.29) is 12.2 Å². The summed E-state index contributed by atoms with van der Waals surface area (Å²) in [6.07, 6.45) is 3.20. The van der Waals surface area contributed by atoms with Gasteiger partial charge in [-0.1, -0.05) is 60.7 Å². The highest BCUT2D eigenvalue weighted by molar-refractivity contribution is 6.04. The zero-order valence-corrected chi connectivity index (χ0v) is 22.1. The van der Waals surface area contributed by atoms with Gasteiger partial charge in [-0.25, -0.2) is 9.78 Å². The first-order valence-electron chi connectivity index (χ1n) is 12.9. The number of ketones is 1. The summed E-state index contributed by atoms with van der Waals surface area (Å²) in [6, 6.07) is 25.2. The highest BCUT2D eigenvalue weighted by Gasteiger charge is 2.18. The van der Waals surface area contributed by atoms with Crippen LogP contribution < -0.4 is 10.1 Å². The number of carbonyl (C=O) groups excluding carboxylic acids is 1. The number of nitrogens with zero attached hydrogens (tertiary/aromatic N) is 1. The Morgan fingerprint density at radius 2 is 1.67 bits per heavy atom. The van der Waals surface area contributed by atoms with Crippen molar-refractivity contribution < 1.29 is 23.8 Å². The van der Waals surface area contributed by atoms with Crippen molar-refractivity contribution in [2.75, 3.05) is 6.61 Å². The van der Waals surface area contributed by atoms with Gasteiger partial charge in [0, 0.05) is 29.3 Å². The van der Waals surface area contributed by atoms with Gasteiger partial charge in [0.1, 0.15) is 17.6 Å². The van der Waals surface area contributed by atoms with E-state index in [4.69, 9.17) is 9.15 Å². The summed E-state index contributed by atoms with van der Waals surface area (Å²) in [5.41, 5.74) is 3.77. The van der Waals surface area contributed by atoms with E-state index in [1.165, 1.54) is 6.08 Å². The molecular formula is C32H32N2O5. The van der Waals surface area contributed by atoms with Gasteiger partial charge in [0.05, 0.1) is 12.3 Å². The lowest BCUT2D eigenvalue weighted by molar-refractivity contribution is -0.139. The van der Waals surface area contributed by atoms with Crippen molar-refractivity contribution in [3.63, 3.8) is 0 Å². The molecule has 0 radical (unpaired) electrons. The molecule has 0 aliphatic rings. The van der Waals surface area contributed by atoms with Gasteiger partial charge in [-0.05, 0) is 56.5 Å². The predicted octanol–water partition coefficient (Wildman–Crippen LogP) is 6.03. The van der Waals surface area contributed by atoms with Crippen molar-refractivity contribution in [2.45, 2.75) is 39.2 Å². The average molecular weight is 525 g/mol. The molecule has 0 bridgehead atoms. The number of aliphatic carboxylic acids is 1. The summed E-state index contributed by atoms with van der Waals surface area (Å²) in [4.78, 5) is 28.9. The molecule has 7 nitrogen and oxygen atoms in total. The van der Waals surface area contributed by atoms with E-state index in [0.717, 1.165) is 35.4 Å². The number of benzene rings is 3. The maximum atomic E-state index is 12.4. The van der Waals surface area contributed by atoms with Crippen LogP contribution in [0.25, 0.3) is 11.5 Å². The van der Waals surface area contributed by atoms with Gasteiger partial charge in [0.2, 0.25) is 5.89 Å². The number of oxazole rings is 1. The van der Waals surface area contributed by atoms with E-state index < -0.39 is 12.0 Å². The third-order valence-corrected chi connectivity index (χ3v) is 6.21. The Morgan fingerprint density at radius 3 is 2.33 bits per heavy atom. The summed E-state index contributed by atoms with van der Waals surface area (Å²) in [5, 5.41) is 12.7. The Bertz CT molecular complexity index is 1410. The van der Waals surface area contributed by atoms with Crippen molar-refractivity contribution in [2.24, 2.45) is 0 Å². The number of carboxylic acids is 1. The first-order valence-corrected chi connectivity index (χ1v) is 12.9. The van der Waals surface area contributed by atoms with E-state index in [9.17, 15) is 14.7 Å². The number of ether oxygens (including phenoxy) is 1. The third-order valence-electron chi connectivity index (χ3n) is 6.21. The van der Waals surface area contributed by atoms with Gasteiger partial charge in [-0.2, -0.15) is 0 Å². The zero-order chi connectivity index (χ0) is 27.6. The van der Waals surface area contributed by atoms with Gasteiger partial charge in [-0.15, -0.1) is 0 Å². The molecule has 4 aromatic rings. The Morgan fingerprint density at radius 1 is 1.00 bits per heavy atom. The maximum Gasteiger partial charge on any atom is 0.326 e. The second kappa shape index (κ2) is 13.2. The number of carbonyl (C=O) groups is 2. The van der Waals surface area contributed by atoms with Crippen LogP contribution in [0.2, 0.25) is 0 Å². The van der Waals surface area contributed by atoms with Gasteiger partial charge in [0.15, 0.2) is 5.78 Å². The fourth-order valence-corrected chi connectivity index (χ4v) is 4.15. The number of aryl methyl sites for hydroxylation is 2. The Balaban J connectivity index is 1.26. The van der Waals surface area contributed by atoms with E-state index in [2.05, 4.69) is 10.3 Å². The molecule has 3 aromatic carbocycles. The lowest BCUT2D eigenvalue weighted by atomic mass is 10.1. The van der Waals surface area contributed by atoms with Gasteiger partial charge < -0.3 is 19.6 Å². The minimum atomic E-state index is -0.992. The van der Waals surface area contributed by atoms with E-state index in [1.54, 1.807) is 31.2 Å². The number of aromatic nitrogens is 1. The molecule has 1 aromatic heterocycles. The SMILES string of the molecule is C/C(=C\C(=O)c1ccccc1)N[C@@H](Cc1ccc(OCCCc2nc(-c3ccccc3)oc2C)cc1)C(=O)O. The minimum Gasteiger partial charge on any atom is -0.494 e. The highest BCUT2D eigenvalue weighted by Crippen LogP contribution is 2.22. The van der Waals surface area contributed by atoms with Crippen molar-refractivity contribution >= 4 is 11.8 Å². The first kappa shape index (κ1) is 27.4. The molecule has 2 N–H and O–H groups in total. The lowest BCUT2D eigenvalue weighted by Gasteiger charge is -2.16. The number of allylic oxidation sites excluding steroid dienone is 2. The van der Waals surface area contributed by atoms with Gasteiger partial charge in [0.25, 0.3) is 0 Å². The summed E-state index contributed by atoms with van der Waals surface area (Å²) >= 11 is 0. The third kappa shape index (κ3) is 7.92. The Kier molecular flexibility index (Phi) is 9.29. The average Bonchev–Trinajstić information content (AvgIpc) is 3.32.